The maximum Gasteiger partial charge on any atom is 0.256 e. The van der Waals surface area contributed by atoms with E-state index in [1.807, 2.05) is 6.92 Å². The third-order valence-corrected chi connectivity index (χ3v) is 2.58. The van der Waals surface area contributed by atoms with Crippen LogP contribution >= 0.6 is 15.9 Å². The average Bonchev–Trinajstić information content (AvgIpc) is 2.84. The number of halogens is 1. The summed E-state index contributed by atoms with van der Waals surface area (Å²) >= 11 is 3.13. The smallest absolute Gasteiger partial charge is 0.256 e. The van der Waals surface area contributed by atoms with E-state index in [1.54, 1.807) is 12.1 Å². The van der Waals surface area contributed by atoms with Crippen LogP contribution in [0.25, 0.3) is 0 Å². The van der Waals surface area contributed by atoms with Gasteiger partial charge in [-0.15, -0.1) is 0 Å². The van der Waals surface area contributed by atoms with Crippen molar-refractivity contribution in [1.82, 2.24) is 10.5 Å². The van der Waals surface area contributed by atoms with Gasteiger partial charge in [0.05, 0.1) is 24.1 Å². The molecule has 1 amide bonds. The molecule has 0 saturated carbocycles. The van der Waals surface area contributed by atoms with Crippen molar-refractivity contribution in [3.63, 3.8) is 0 Å². The first-order valence-corrected chi connectivity index (χ1v) is 5.39. The second kappa shape index (κ2) is 4.52. The second-order valence-corrected chi connectivity index (χ2v) is 3.95. The molecular formula is C10H9BrN2O3. The SMILES string of the molecule is Cc1cc(CNC(=O)c2ccoc2Br)on1. The molecular weight excluding hydrogens is 276 g/mol. The maximum absolute atomic E-state index is 11.6. The van der Waals surface area contributed by atoms with E-state index in [1.165, 1.54) is 6.26 Å². The molecule has 0 unspecified atom stereocenters. The number of amides is 1. The van der Waals surface area contributed by atoms with Crippen LogP contribution in [0.15, 0.2) is 32.0 Å². The predicted molar refractivity (Wildman–Crippen MR) is 58.8 cm³/mol. The summed E-state index contributed by atoms with van der Waals surface area (Å²) in [6.45, 7) is 2.12. The summed E-state index contributed by atoms with van der Waals surface area (Å²) in [4.78, 5) is 11.6. The molecule has 0 atom stereocenters. The van der Waals surface area contributed by atoms with Gasteiger partial charge in [0.2, 0.25) is 0 Å². The fourth-order valence-electron chi connectivity index (χ4n) is 1.22. The minimum absolute atomic E-state index is 0.227. The van der Waals surface area contributed by atoms with Crippen LogP contribution in [0.2, 0.25) is 0 Å². The van der Waals surface area contributed by atoms with Gasteiger partial charge in [-0.1, -0.05) is 5.16 Å². The molecule has 5 nitrogen and oxygen atoms in total. The van der Waals surface area contributed by atoms with Crippen molar-refractivity contribution < 1.29 is 13.7 Å². The molecule has 84 valence electrons. The van der Waals surface area contributed by atoms with Crippen LogP contribution < -0.4 is 5.32 Å². The molecule has 0 saturated heterocycles. The molecule has 2 aromatic rings. The lowest BCUT2D eigenvalue weighted by atomic mass is 10.3. The predicted octanol–water partition coefficient (Wildman–Crippen LogP) is 2.27. The van der Waals surface area contributed by atoms with Crippen molar-refractivity contribution in [2.75, 3.05) is 0 Å². The number of nitrogens with zero attached hydrogens (tertiary/aromatic N) is 1. The Hall–Kier alpha value is -1.56. The van der Waals surface area contributed by atoms with Crippen LogP contribution in [0.3, 0.4) is 0 Å². The molecule has 0 radical (unpaired) electrons. The summed E-state index contributed by atoms with van der Waals surface area (Å²) < 4.78 is 10.3. The Morgan fingerprint density at radius 1 is 1.62 bits per heavy atom. The van der Waals surface area contributed by atoms with Crippen molar-refractivity contribution in [3.8, 4) is 0 Å². The molecule has 16 heavy (non-hydrogen) atoms. The summed E-state index contributed by atoms with van der Waals surface area (Å²) in [7, 11) is 0. The molecule has 2 heterocycles. The lowest BCUT2D eigenvalue weighted by Gasteiger charge is -1.99. The average molecular weight is 285 g/mol. The van der Waals surface area contributed by atoms with E-state index in [9.17, 15) is 4.79 Å². The van der Waals surface area contributed by atoms with Crippen LogP contribution in [0.4, 0.5) is 0 Å². The van der Waals surface area contributed by atoms with E-state index in [2.05, 4.69) is 26.4 Å². The molecule has 0 aliphatic rings. The van der Waals surface area contributed by atoms with Crippen molar-refractivity contribution >= 4 is 21.8 Å². The zero-order valence-corrected chi connectivity index (χ0v) is 10.1. The zero-order valence-electron chi connectivity index (χ0n) is 8.49. The van der Waals surface area contributed by atoms with E-state index in [4.69, 9.17) is 8.94 Å². The molecule has 0 aliphatic heterocycles. The summed E-state index contributed by atoms with van der Waals surface area (Å²) in [5, 5.41) is 6.41. The first-order valence-electron chi connectivity index (χ1n) is 4.60. The highest BCUT2D eigenvalue weighted by Gasteiger charge is 2.12. The monoisotopic (exact) mass is 284 g/mol. The number of aromatic nitrogens is 1. The minimum atomic E-state index is -0.227. The minimum Gasteiger partial charge on any atom is -0.457 e. The number of furan rings is 1. The van der Waals surface area contributed by atoms with Crippen LogP contribution in [-0.2, 0) is 6.54 Å². The van der Waals surface area contributed by atoms with Crippen LogP contribution in [0.1, 0.15) is 21.8 Å². The third kappa shape index (κ3) is 2.33. The normalized spacial score (nSPS) is 10.4. The Labute approximate surface area is 99.9 Å². The molecule has 0 spiro atoms. The molecule has 0 fully saturated rings. The van der Waals surface area contributed by atoms with E-state index >= 15 is 0 Å². The molecule has 6 heteroatoms. The molecule has 2 aromatic heterocycles. The Balaban J connectivity index is 1.96. The maximum atomic E-state index is 11.6. The summed E-state index contributed by atoms with van der Waals surface area (Å²) in [5.41, 5.74) is 1.24. The van der Waals surface area contributed by atoms with E-state index in [-0.39, 0.29) is 5.91 Å². The van der Waals surface area contributed by atoms with Crippen molar-refractivity contribution in [1.29, 1.82) is 0 Å². The molecule has 0 aromatic carbocycles. The van der Waals surface area contributed by atoms with E-state index < -0.39 is 0 Å². The Morgan fingerprint density at radius 3 is 3.00 bits per heavy atom. The van der Waals surface area contributed by atoms with Gasteiger partial charge in [-0.3, -0.25) is 4.79 Å². The van der Waals surface area contributed by atoms with Crippen molar-refractivity contribution in [2.24, 2.45) is 0 Å². The van der Waals surface area contributed by atoms with Gasteiger partial charge in [-0.25, -0.2) is 0 Å². The topological polar surface area (TPSA) is 68.3 Å². The third-order valence-electron chi connectivity index (χ3n) is 1.96. The fourth-order valence-corrected chi connectivity index (χ4v) is 1.64. The number of rotatable bonds is 3. The molecule has 0 aliphatic carbocycles. The largest absolute Gasteiger partial charge is 0.457 e. The first kappa shape index (κ1) is 10.9. The van der Waals surface area contributed by atoms with Gasteiger partial charge in [0.15, 0.2) is 10.4 Å². The highest BCUT2D eigenvalue weighted by molar-refractivity contribution is 9.10. The number of carbonyl (C=O) groups is 1. The first-order chi connectivity index (χ1) is 7.66. The molecule has 2 rings (SSSR count). The number of carbonyl (C=O) groups excluding carboxylic acids is 1. The summed E-state index contributed by atoms with van der Waals surface area (Å²) in [6, 6.07) is 3.36. The number of hydrogen-bond acceptors (Lipinski definition) is 4. The van der Waals surface area contributed by atoms with E-state index in [0.717, 1.165) is 5.69 Å². The number of aryl methyl sites for hydroxylation is 1. The quantitative estimate of drug-likeness (QED) is 0.939. The second-order valence-electron chi connectivity index (χ2n) is 3.23. The van der Waals surface area contributed by atoms with Crippen LogP contribution in [-0.4, -0.2) is 11.1 Å². The lowest BCUT2D eigenvalue weighted by molar-refractivity contribution is 0.0945. The van der Waals surface area contributed by atoms with Crippen molar-refractivity contribution in [3.05, 3.63) is 40.1 Å². The molecule has 1 N–H and O–H groups in total. The summed E-state index contributed by atoms with van der Waals surface area (Å²) in [5.74, 6) is 0.389. The van der Waals surface area contributed by atoms with Gasteiger partial charge in [0.25, 0.3) is 5.91 Å². The van der Waals surface area contributed by atoms with Gasteiger partial charge in [0, 0.05) is 6.07 Å². The van der Waals surface area contributed by atoms with E-state index in [0.29, 0.717) is 22.5 Å². The van der Waals surface area contributed by atoms with Gasteiger partial charge in [0.1, 0.15) is 0 Å². The van der Waals surface area contributed by atoms with Gasteiger partial charge in [-0.05, 0) is 28.9 Å². The zero-order chi connectivity index (χ0) is 11.5. The van der Waals surface area contributed by atoms with Gasteiger partial charge >= 0.3 is 0 Å². The standard InChI is InChI=1S/C10H9BrN2O3/c1-6-4-7(16-13-6)5-12-10(14)8-2-3-15-9(8)11/h2-4H,5H2,1H3,(H,12,14). The Bertz CT molecular complexity index is 504. The number of nitrogens with one attached hydrogen (secondary N) is 1. The Morgan fingerprint density at radius 2 is 2.44 bits per heavy atom. The summed E-state index contributed by atoms with van der Waals surface area (Å²) in [6.07, 6.45) is 1.44. The lowest BCUT2D eigenvalue weighted by Crippen LogP contribution is -2.22. The van der Waals surface area contributed by atoms with Crippen LogP contribution in [0, 0.1) is 6.92 Å². The van der Waals surface area contributed by atoms with Gasteiger partial charge < -0.3 is 14.3 Å². The van der Waals surface area contributed by atoms with Crippen molar-refractivity contribution in [2.45, 2.75) is 13.5 Å². The number of hydrogen-bond donors (Lipinski definition) is 1. The van der Waals surface area contributed by atoms with Crippen LogP contribution in [0.5, 0.6) is 0 Å². The fraction of sp³-hybridized carbons (Fsp3) is 0.200. The molecule has 0 bridgehead atoms. The Kier molecular flexibility index (Phi) is 3.09. The highest BCUT2D eigenvalue weighted by atomic mass is 79.9. The highest BCUT2D eigenvalue weighted by Crippen LogP contribution is 2.17. The van der Waals surface area contributed by atoms with Gasteiger partial charge in [-0.2, -0.15) is 0 Å².